The van der Waals surface area contributed by atoms with Crippen LogP contribution in [0.1, 0.15) is 30.5 Å². The molecule has 4 heterocycles. The number of fused-ring (bicyclic) bond motifs is 3. The number of aryl methyl sites for hydroxylation is 3. The SMILES string of the molecule is [2H]C([2H])([2H])c1cnc(-c2[c-]ccc3c2oc2nc(-c4c(C)ccc(-c5ccccc5)c4C)ccc23)cc1C([2H])([2H])[2H].[Ir].[c-]1ccccc1-c1ccccn1. The predicted octanol–water partition coefficient (Wildman–Crippen LogP) is 11.0. The zero-order valence-corrected chi connectivity index (χ0v) is 28.6. The van der Waals surface area contributed by atoms with Crippen molar-refractivity contribution in [2.75, 3.05) is 0 Å². The number of furan rings is 1. The summed E-state index contributed by atoms with van der Waals surface area (Å²) in [5, 5.41) is 1.57. The summed E-state index contributed by atoms with van der Waals surface area (Å²) in [5.41, 5.74) is 9.29. The summed E-state index contributed by atoms with van der Waals surface area (Å²) in [5.74, 6) is 0. The fourth-order valence-corrected chi connectivity index (χ4v) is 5.79. The Labute approximate surface area is 303 Å². The molecule has 0 aliphatic carbocycles. The molecular weight excluding hydrogens is 767 g/mol. The molecule has 0 saturated carbocycles. The largest absolute Gasteiger partial charge is 0.486 e. The van der Waals surface area contributed by atoms with E-state index in [1.165, 1.54) is 6.07 Å². The fourth-order valence-electron chi connectivity index (χ4n) is 5.79. The first-order chi connectivity index (χ1) is 25.4. The molecule has 0 aliphatic rings. The first-order valence-electron chi connectivity index (χ1n) is 18.2. The van der Waals surface area contributed by atoms with Gasteiger partial charge in [0.2, 0.25) is 5.71 Å². The molecule has 5 heteroatoms. The van der Waals surface area contributed by atoms with Gasteiger partial charge in [0.15, 0.2) is 0 Å². The number of benzene rings is 4. The zero-order valence-electron chi connectivity index (χ0n) is 32.2. The van der Waals surface area contributed by atoms with E-state index in [-0.39, 0.29) is 36.9 Å². The summed E-state index contributed by atoms with van der Waals surface area (Å²) in [7, 11) is 0. The molecule has 0 unspecified atom stereocenters. The minimum atomic E-state index is -2.64. The molecule has 8 rings (SSSR count). The van der Waals surface area contributed by atoms with Gasteiger partial charge in [-0.3, -0.25) is 0 Å². The molecule has 1 radical (unpaired) electrons. The number of rotatable bonds is 4. The Morgan fingerprint density at radius 2 is 1.50 bits per heavy atom. The van der Waals surface area contributed by atoms with Gasteiger partial charge in [0, 0.05) is 51.7 Å². The number of nitrogens with zero attached hydrogens (tertiary/aromatic N) is 3. The average molecular weight is 806 g/mol. The zero-order chi connectivity index (χ0) is 37.3. The van der Waals surface area contributed by atoms with E-state index in [9.17, 15) is 0 Å². The first-order valence-corrected chi connectivity index (χ1v) is 15.2. The molecule has 0 spiro atoms. The van der Waals surface area contributed by atoms with Crippen LogP contribution in [0.5, 0.6) is 0 Å². The van der Waals surface area contributed by atoms with Crippen molar-refractivity contribution < 1.29 is 32.7 Å². The summed E-state index contributed by atoms with van der Waals surface area (Å²) in [6.45, 7) is -1.09. The van der Waals surface area contributed by atoms with Crippen molar-refractivity contribution in [1.29, 1.82) is 0 Å². The van der Waals surface area contributed by atoms with Crippen molar-refractivity contribution in [2.45, 2.75) is 27.6 Å². The molecule has 237 valence electrons. The molecule has 0 bridgehead atoms. The Morgan fingerprint density at radius 3 is 2.27 bits per heavy atom. The van der Waals surface area contributed by atoms with Gasteiger partial charge in [-0.05, 0) is 85.0 Å². The maximum Gasteiger partial charge on any atom is 0.216 e. The van der Waals surface area contributed by atoms with E-state index in [1.807, 2.05) is 78.9 Å². The third-order valence-corrected chi connectivity index (χ3v) is 8.12. The van der Waals surface area contributed by atoms with Crippen LogP contribution in [0.4, 0.5) is 0 Å². The smallest absolute Gasteiger partial charge is 0.216 e. The van der Waals surface area contributed by atoms with Crippen molar-refractivity contribution in [3.63, 3.8) is 0 Å². The van der Waals surface area contributed by atoms with E-state index < -0.39 is 13.7 Å². The van der Waals surface area contributed by atoms with Gasteiger partial charge < -0.3 is 14.4 Å². The predicted molar refractivity (Wildman–Crippen MR) is 192 cm³/mol. The van der Waals surface area contributed by atoms with Gasteiger partial charge in [-0.15, -0.1) is 54.1 Å². The van der Waals surface area contributed by atoms with Crippen molar-refractivity contribution in [3.8, 4) is 44.9 Å². The molecule has 0 saturated heterocycles. The Balaban J connectivity index is 0.000000324. The second-order valence-electron chi connectivity index (χ2n) is 11.1. The van der Waals surface area contributed by atoms with E-state index in [0.29, 0.717) is 16.9 Å². The summed E-state index contributed by atoms with van der Waals surface area (Å²) in [6.07, 6.45) is 2.90. The van der Waals surface area contributed by atoms with Crippen LogP contribution >= 0.6 is 0 Å². The van der Waals surface area contributed by atoms with Gasteiger partial charge in [-0.25, -0.2) is 4.98 Å². The molecule has 8 aromatic rings. The van der Waals surface area contributed by atoms with Gasteiger partial charge >= 0.3 is 0 Å². The molecule has 4 aromatic carbocycles. The molecule has 4 nitrogen and oxygen atoms in total. The molecular formula is C43H33IrN3O-2. The molecule has 0 fully saturated rings. The first kappa shape index (κ1) is 25.8. The molecule has 4 aromatic heterocycles. The third kappa shape index (κ3) is 6.48. The van der Waals surface area contributed by atoms with Crippen LogP contribution in [-0.4, -0.2) is 15.0 Å². The quantitative estimate of drug-likeness (QED) is 0.166. The maximum absolute atomic E-state index is 7.93. The third-order valence-electron chi connectivity index (χ3n) is 8.12. The summed E-state index contributed by atoms with van der Waals surface area (Å²) in [6, 6.07) is 43.2. The van der Waals surface area contributed by atoms with E-state index in [1.54, 1.807) is 12.3 Å². The minimum absolute atomic E-state index is 0. The Bertz CT molecular complexity index is 2520. The fraction of sp³-hybridized carbons (Fsp3) is 0.0930. The second-order valence-corrected chi connectivity index (χ2v) is 11.1. The number of pyridine rings is 3. The van der Waals surface area contributed by atoms with Crippen molar-refractivity contribution in [1.82, 2.24) is 15.0 Å². The van der Waals surface area contributed by atoms with Crippen molar-refractivity contribution in [2.24, 2.45) is 0 Å². The van der Waals surface area contributed by atoms with Crippen LogP contribution in [0.2, 0.25) is 0 Å². The van der Waals surface area contributed by atoms with Crippen LogP contribution in [0.25, 0.3) is 67.0 Å². The maximum atomic E-state index is 7.93. The topological polar surface area (TPSA) is 51.8 Å². The van der Waals surface area contributed by atoms with Crippen molar-refractivity contribution in [3.05, 3.63) is 162 Å². The molecule has 0 aliphatic heterocycles. The Hall–Kier alpha value is -5.22. The normalized spacial score (nSPS) is 13.1. The monoisotopic (exact) mass is 806 g/mol. The molecule has 48 heavy (non-hydrogen) atoms. The number of hydrogen-bond donors (Lipinski definition) is 0. The van der Waals surface area contributed by atoms with Gasteiger partial charge in [0.25, 0.3) is 0 Å². The average Bonchev–Trinajstić information content (AvgIpc) is 3.53. The Kier molecular flexibility index (Phi) is 7.67. The van der Waals surface area contributed by atoms with Gasteiger partial charge in [0.1, 0.15) is 0 Å². The number of hydrogen-bond acceptors (Lipinski definition) is 4. The second kappa shape index (κ2) is 14.3. The van der Waals surface area contributed by atoms with Crippen LogP contribution in [-0.2, 0) is 20.1 Å². The van der Waals surface area contributed by atoms with Crippen LogP contribution in [0, 0.1) is 39.7 Å². The van der Waals surface area contributed by atoms with Crippen LogP contribution in [0.3, 0.4) is 0 Å². The number of aromatic nitrogens is 3. The van der Waals surface area contributed by atoms with E-state index >= 15 is 0 Å². The molecule has 0 N–H and O–H groups in total. The van der Waals surface area contributed by atoms with Gasteiger partial charge in [0.05, 0.1) is 11.3 Å². The van der Waals surface area contributed by atoms with Crippen molar-refractivity contribution >= 4 is 22.1 Å². The van der Waals surface area contributed by atoms with Gasteiger partial charge in [-0.1, -0.05) is 77.2 Å². The molecule has 0 amide bonds. The summed E-state index contributed by atoms with van der Waals surface area (Å²) >= 11 is 0. The standard InChI is InChI=1S/C32H25N2O.C11H8N.Ir/c1-19-13-14-24(23-9-6-5-7-10-23)22(4)30(19)28-16-15-26-25-11-8-12-27(31(25)35-32(26)34-28)29-17-20(2)21(3)18-33-29;1-2-6-10(7-3-1)11-8-4-5-9-12-11;/h5-11,13-18H,1-4H3;1-6,8-9H;/q2*-1;/i2D3,3D3;;. The summed E-state index contributed by atoms with van der Waals surface area (Å²) in [4.78, 5) is 13.4. The minimum Gasteiger partial charge on any atom is -0.486 e. The molecule has 0 atom stereocenters. The van der Waals surface area contributed by atoms with Gasteiger partial charge in [-0.2, -0.15) is 0 Å². The van der Waals surface area contributed by atoms with Crippen LogP contribution in [0.15, 0.2) is 132 Å². The van der Waals surface area contributed by atoms with E-state index in [4.69, 9.17) is 17.6 Å². The summed E-state index contributed by atoms with van der Waals surface area (Å²) < 4.78 is 53.4. The van der Waals surface area contributed by atoms with E-state index in [2.05, 4.69) is 60.2 Å². The van der Waals surface area contributed by atoms with E-state index in [0.717, 1.165) is 61.7 Å². The Morgan fingerprint density at radius 1 is 0.667 bits per heavy atom. The van der Waals surface area contributed by atoms with Crippen LogP contribution < -0.4 is 0 Å².